The van der Waals surface area contributed by atoms with Crippen molar-refractivity contribution in [1.82, 2.24) is 14.7 Å². The lowest BCUT2D eigenvalue weighted by Crippen LogP contribution is -2.23. The number of rotatable bonds is 8. The maximum atomic E-state index is 13.0. The molecule has 0 aliphatic rings. The zero-order valence-electron chi connectivity index (χ0n) is 22.6. The molecule has 0 bridgehead atoms. The minimum Gasteiger partial charge on any atom is -0.352 e. The smallest absolute Gasteiger partial charge is 0.352 e. The fourth-order valence-electron chi connectivity index (χ4n) is 4.72. The summed E-state index contributed by atoms with van der Waals surface area (Å²) in [7, 11) is 0. The fourth-order valence-corrected chi connectivity index (χ4v) is 4.72. The summed E-state index contributed by atoms with van der Waals surface area (Å²) in [6.45, 7) is 3.54. The van der Waals surface area contributed by atoms with E-state index in [1.807, 2.05) is 66.1 Å². The van der Waals surface area contributed by atoms with Gasteiger partial charge in [0.15, 0.2) is 5.78 Å². The van der Waals surface area contributed by atoms with Gasteiger partial charge in [-0.3, -0.25) is 9.59 Å². The van der Waals surface area contributed by atoms with E-state index >= 15 is 0 Å². The van der Waals surface area contributed by atoms with Crippen molar-refractivity contribution in [3.63, 3.8) is 0 Å². The van der Waals surface area contributed by atoms with Crippen molar-refractivity contribution >= 4 is 17.3 Å². The summed E-state index contributed by atoms with van der Waals surface area (Å²) in [4.78, 5) is 29.4. The van der Waals surface area contributed by atoms with Gasteiger partial charge in [0.05, 0.1) is 17.0 Å². The Balaban J connectivity index is 1.41. The standard InChI is InChI=1S/C33H28F3N3O2/c1-21-6-8-26(9-7-21)32-29(15-17-31(41)37-19-23-4-3-5-28(18-23)33(34,35)36)39-20-27(14-16-30(39)38-32)25-12-10-24(11-13-25)22(2)40/h3-14,16,18,20H,15,17,19H2,1-2H3,(H,37,41). The number of carbonyl (C=O) groups excluding carboxylic acids is 2. The highest BCUT2D eigenvalue weighted by Crippen LogP contribution is 2.30. The molecule has 0 aliphatic carbocycles. The van der Waals surface area contributed by atoms with Crippen LogP contribution < -0.4 is 5.32 Å². The van der Waals surface area contributed by atoms with Gasteiger partial charge in [0.2, 0.25) is 5.91 Å². The van der Waals surface area contributed by atoms with E-state index in [1.165, 1.54) is 13.0 Å². The summed E-state index contributed by atoms with van der Waals surface area (Å²) in [6, 6.07) is 24.2. The van der Waals surface area contributed by atoms with Crippen LogP contribution in [0, 0.1) is 6.92 Å². The molecule has 0 atom stereocenters. The Bertz CT molecular complexity index is 1720. The van der Waals surface area contributed by atoms with Crippen molar-refractivity contribution in [2.24, 2.45) is 0 Å². The number of halogens is 3. The zero-order chi connectivity index (χ0) is 29.1. The van der Waals surface area contributed by atoms with Crippen LogP contribution in [0.1, 0.15) is 46.1 Å². The molecule has 0 radical (unpaired) electrons. The summed E-state index contributed by atoms with van der Waals surface area (Å²) in [5.74, 6) is -0.277. The van der Waals surface area contributed by atoms with Gasteiger partial charge in [0, 0.05) is 30.3 Å². The number of hydrogen-bond acceptors (Lipinski definition) is 3. The quantitative estimate of drug-likeness (QED) is 0.202. The molecule has 5 nitrogen and oxygen atoms in total. The minimum atomic E-state index is -4.44. The molecule has 1 N–H and O–H groups in total. The van der Waals surface area contributed by atoms with Gasteiger partial charge in [-0.1, -0.05) is 66.2 Å². The van der Waals surface area contributed by atoms with Gasteiger partial charge in [-0.15, -0.1) is 0 Å². The van der Waals surface area contributed by atoms with Crippen LogP contribution in [-0.2, 0) is 23.9 Å². The molecule has 5 rings (SSSR count). The molecule has 0 unspecified atom stereocenters. The van der Waals surface area contributed by atoms with E-state index in [0.717, 1.165) is 51.4 Å². The molecule has 3 aromatic carbocycles. The SMILES string of the molecule is CC(=O)c1ccc(-c2ccc3nc(-c4ccc(C)cc4)c(CCC(=O)NCc4cccc(C(F)(F)F)c4)n3c2)cc1. The minimum absolute atomic E-state index is 0.00112. The van der Waals surface area contributed by atoms with Gasteiger partial charge < -0.3 is 9.72 Å². The number of amides is 1. The monoisotopic (exact) mass is 555 g/mol. The highest BCUT2D eigenvalue weighted by Gasteiger charge is 2.30. The second-order valence-electron chi connectivity index (χ2n) is 10.0. The van der Waals surface area contributed by atoms with Gasteiger partial charge >= 0.3 is 6.18 Å². The van der Waals surface area contributed by atoms with Crippen molar-refractivity contribution in [2.45, 2.75) is 39.4 Å². The fraction of sp³-hybridized carbons (Fsp3) is 0.182. The van der Waals surface area contributed by atoms with Crippen LogP contribution in [0.2, 0.25) is 0 Å². The van der Waals surface area contributed by atoms with E-state index in [0.29, 0.717) is 17.5 Å². The van der Waals surface area contributed by atoms with Crippen molar-refractivity contribution in [2.75, 3.05) is 0 Å². The lowest BCUT2D eigenvalue weighted by molar-refractivity contribution is -0.137. The summed E-state index contributed by atoms with van der Waals surface area (Å²) in [5, 5.41) is 2.74. The number of fused-ring (bicyclic) bond motifs is 1. The predicted octanol–water partition coefficient (Wildman–Crippen LogP) is 7.45. The highest BCUT2D eigenvalue weighted by molar-refractivity contribution is 5.94. The van der Waals surface area contributed by atoms with E-state index in [4.69, 9.17) is 4.98 Å². The number of aromatic nitrogens is 2. The van der Waals surface area contributed by atoms with E-state index in [1.54, 1.807) is 18.2 Å². The normalized spacial score (nSPS) is 11.5. The number of pyridine rings is 1. The van der Waals surface area contributed by atoms with Crippen LogP contribution in [0.25, 0.3) is 28.0 Å². The Hall–Kier alpha value is -4.72. The molecule has 1 amide bonds. The van der Waals surface area contributed by atoms with Crippen LogP contribution in [-0.4, -0.2) is 21.1 Å². The Kier molecular flexibility index (Phi) is 7.75. The average Bonchev–Trinajstić information content (AvgIpc) is 3.32. The summed E-state index contributed by atoms with van der Waals surface area (Å²) < 4.78 is 41.1. The Morgan fingerprint density at radius 1 is 0.878 bits per heavy atom. The molecule has 0 fully saturated rings. The van der Waals surface area contributed by atoms with Crippen LogP contribution in [0.3, 0.4) is 0 Å². The largest absolute Gasteiger partial charge is 0.416 e. The van der Waals surface area contributed by atoms with Crippen LogP contribution in [0.5, 0.6) is 0 Å². The first-order valence-corrected chi connectivity index (χ1v) is 13.2. The number of hydrogen-bond donors (Lipinski definition) is 1. The Morgan fingerprint density at radius 2 is 1.56 bits per heavy atom. The lowest BCUT2D eigenvalue weighted by atomic mass is 10.0. The third-order valence-corrected chi connectivity index (χ3v) is 7.00. The molecule has 8 heteroatoms. The number of aryl methyl sites for hydroxylation is 2. The predicted molar refractivity (Wildman–Crippen MR) is 152 cm³/mol. The molecule has 0 saturated carbocycles. The molecule has 2 aromatic heterocycles. The maximum absolute atomic E-state index is 13.0. The van der Waals surface area contributed by atoms with Crippen molar-refractivity contribution in [3.05, 3.63) is 119 Å². The molecule has 2 heterocycles. The van der Waals surface area contributed by atoms with Crippen molar-refractivity contribution in [3.8, 4) is 22.4 Å². The van der Waals surface area contributed by atoms with Gasteiger partial charge in [-0.2, -0.15) is 13.2 Å². The zero-order valence-corrected chi connectivity index (χ0v) is 22.6. The molecule has 41 heavy (non-hydrogen) atoms. The number of Topliss-reactive ketones (excluding diaryl/α,β-unsaturated/α-hetero) is 1. The molecular formula is C33H28F3N3O2. The molecule has 0 spiro atoms. The topological polar surface area (TPSA) is 63.5 Å². The first-order valence-electron chi connectivity index (χ1n) is 13.2. The Morgan fingerprint density at radius 3 is 2.24 bits per heavy atom. The number of alkyl halides is 3. The van der Waals surface area contributed by atoms with E-state index in [2.05, 4.69) is 5.32 Å². The third-order valence-electron chi connectivity index (χ3n) is 7.00. The van der Waals surface area contributed by atoms with Gasteiger partial charge in [0.25, 0.3) is 0 Å². The lowest BCUT2D eigenvalue weighted by Gasteiger charge is -2.10. The molecule has 208 valence electrons. The number of benzene rings is 3. The number of carbonyl (C=O) groups is 2. The molecule has 0 aliphatic heterocycles. The van der Waals surface area contributed by atoms with Gasteiger partial charge in [-0.05, 0) is 61.2 Å². The summed E-state index contributed by atoms with van der Waals surface area (Å²) >= 11 is 0. The Labute approximate surface area is 235 Å². The van der Waals surface area contributed by atoms with E-state index < -0.39 is 11.7 Å². The highest BCUT2D eigenvalue weighted by atomic mass is 19.4. The van der Waals surface area contributed by atoms with Crippen LogP contribution in [0.4, 0.5) is 13.2 Å². The van der Waals surface area contributed by atoms with Crippen LogP contribution in [0.15, 0.2) is 91.1 Å². The molecule has 5 aromatic rings. The van der Waals surface area contributed by atoms with Gasteiger partial charge in [0.1, 0.15) is 5.65 Å². The first-order chi connectivity index (χ1) is 19.6. The molecule has 0 saturated heterocycles. The second kappa shape index (κ2) is 11.4. The first kappa shape index (κ1) is 27.8. The van der Waals surface area contributed by atoms with E-state index in [9.17, 15) is 22.8 Å². The van der Waals surface area contributed by atoms with E-state index in [-0.39, 0.29) is 24.7 Å². The van der Waals surface area contributed by atoms with Gasteiger partial charge in [-0.25, -0.2) is 4.98 Å². The molecular weight excluding hydrogens is 527 g/mol. The average molecular weight is 556 g/mol. The second-order valence-corrected chi connectivity index (χ2v) is 10.0. The summed E-state index contributed by atoms with van der Waals surface area (Å²) in [6.07, 6.45) is -1.98. The maximum Gasteiger partial charge on any atom is 0.416 e. The van der Waals surface area contributed by atoms with Crippen LogP contribution >= 0.6 is 0 Å². The third kappa shape index (κ3) is 6.38. The number of nitrogens with one attached hydrogen (secondary N) is 1. The number of imidazole rings is 1. The van der Waals surface area contributed by atoms with Crippen molar-refractivity contribution < 1.29 is 22.8 Å². The summed E-state index contributed by atoms with van der Waals surface area (Å²) in [5.41, 5.74) is 6.51. The van der Waals surface area contributed by atoms with Crippen molar-refractivity contribution in [1.29, 1.82) is 0 Å². The number of ketones is 1. The number of nitrogens with zero attached hydrogens (tertiary/aromatic N) is 2.